The van der Waals surface area contributed by atoms with Gasteiger partial charge in [0.25, 0.3) is 0 Å². The fourth-order valence-electron chi connectivity index (χ4n) is 4.89. The Balaban J connectivity index is 0.000000586. The molecule has 9 heteroatoms. The summed E-state index contributed by atoms with van der Waals surface area (Å²) in [6, 6.07) is 16.3. The third kappa shape index (κ3) is 6.00. The third-order valence-electron chi connectivity index (χ3n) is 7.09. The molecule has 2 amide bonds. The maximum atomic E-state index is 13.7. The van der Waals surface area contributed by atoms with Crippen LogP contribution in [0.15, 0.2) is 60.9 Å². The van der Waals surface area contributed by atoms with E-state index in [1.165, 1.54) is 6.92 Å². The van der Waals surface area contributed by atoms with E-state index in [0.717, 1.165) is 54.1 Å². The molecule has 2 fully saturated rings. The lowest BCUT2D eigenvalue weighted by atomic mass is 9.86. The highest BCUT2D eigenvalue weighted by Crippen LogP contribution is 2.39. The van der Waals surface area contributed by atoms with Gasteiger partial charge in [0.05, 0.1) is 25.4 Å². The molecule has 0 radical (unpaired) electrons. The highest BCUT2D eigenvalue weighted by atomic mass is 16.5. The van der Waals surface area contributed by atoms with Gasteiger partial charge in [0.1, 0.15) is 18.1 Å². The molecule has 1 aromatic heterocycles. The number of aromatic amines is 1. The van der Waals surface area contributed by atoms with Crippen LogP contribution < -0.4 is 9.64 Å². The zero-order chi connectivity index (χ0) is 26.4. The first-order chi connectivity index (χ1) is 17.8. The number of hydrogen-bond acceptors (Lipinski definition) is 6. The number of carbonyl (C=O) groups is 2. The molecule has 37 heavy (non-hydrogen) atoms. The van der Waals surface area contributed by atoms with Gasteiger partial charge in [-0.15, -0.1) is 0 Å². The number of urea groups is 1. The molecule has 9 nitrogen and oxygen atoms in total. The molecule has 0 aliphatic carbocycles. The second-order valence-electron chi connectivity index (χ2n) is 9.74. The van der Waals surface area contributed by atoms with Gasteiger partial charge < -0.3 is 24.4 Å². The smallest absolute Gasteiger partial charge is 0.325 e. The van der Waals surface area contributed by atoms with Crippen molar-refractivity contribution >= 4 is 18.0 Å². The predicted octanol–water partition coefficient (Wildman–Crippen LogP) is 3.56. The van der Waals surface area contributed by atoms with Gasteiger partial charge in [-0.2, -0.15) is 5.10 Å². The fraction of sp³-hybridized carbons (Fsp3) is 0.393. The molecule has 1 unspecified atom stereocenters. The van der Waals surface area contributed by atoms with Gasteiger partial charge in [-0.3, -0.25) is 10.00 Å². The van der Waals surface area contributed by atoms with E-state index >= 15 is 0 Å². The zero-order valence-electron chi connectivity index (χ0n) is 21.6. The van der Waals surface area contributed by atoms with E-state index in [0.29, 0.717) is 19.4 Å². The molecule has 196 valence electrons. The molecule has 2 N–H and O–H groups in total. The van der Waals surface area contributed by atoms with Crippen molar-refractivity contribution in [2.24, 2.45) is 0 Å². The van der Waals surface area contributed by atoms with Crippen molar-refractivity contribution in [3.63, 3.8) is 0 Å². The van der Waals surface area contributed by atoms with Gasteiger partial charge >= 0.3 is 6.03 Å². The van der Waals surface area contributed by atoms with E-state index in [-0.39, 0.29) is 11.6 Å². The lowest BCUT2D eigenvalue weighted by Crippen LogP contribution is -2.53. The summed E-state index contributed by atoms with van der Waals surface area (Å²) in [5.41, 5.74) is 3.99. The molecule has 0 bridgehead atoms. The Bertz CT molecular complexity index is 1170. The van der Waals surface area contributed by atoms with Crippen molar-refractivity contribution in [2.75, 3.05) is 38.7 Å². The summed E-state index contributed by atoms with van der Waals surface area (Å²) in [4.78, 5) is 29.4. The number of nitrogens with zero attached hydrogens (tertiary/aromatic N) is 4. The average Bonchev–Trinajstić information content (AvgIpc) is 3.55. The second kappa shape index (κ2) is 11.6. The Labute approximate surface area is 217 Å². The number of aliphatic hydroxyl groups excluding tert-OH is 1. The zero-order valence-corrected chi connectivity index (χ0v) is 21.6. The minimum atomic E-state index is -0.796. The SMILES string of the molecule is CC(O)C=O.COc1cccc(CN2C(=O)N(c3ccc(-c4cn[nH]c4)cc3)CC23CCN(C)CC3)c1. The number of ether oxygens (including phenoxy) is 1. The number of rotatable bonds is 6. The van der Waals surface area contributed by atoms with Crippen LogP contribution in [0.5, 0.6) is 5.75 Å². The number of aliphatic hydroxyl groups is 1. The first-order valence-electron chi connectivity index (χ1n) is 12.5. The number of aromatic nitrogens is 2. The van der Waals surface area contributed by atoms with Crippen molar-refractivity contribution in [3.8, 4) is 16.9 Å². The number of carbonyl (C=O) groups excluding carboxylic acids is 2. The molecule has 2 aromatic carbocycles. The summed E-state index contributed by atoms with van der Waals surface area (Å²) in [6.45, 7) is 4.70. The van der Waals surface area contributed by atoms with E-state index in [2.05, 4.69) is 45.2 Å². The van der Waals surface area contributed by atoms with Crippen LogP contribution in [0.3, 0.4) is 0 Å². The molecule has 3 aromatic rings. The highest BCUT2D eigenvalue weighted by Gasteiger charge is 2.50. The minimum Gasteiger partial charge on any atom is -0.497 e. The van der Waals surface area contributed by atoms with Crippen molar-refractivity contribution in [3.05, 3.63) is 66.5 Å². The Kier molecular flexibility index (Phi) is 8.25. The summed E-state index contributed by atoms with van der Waals surface area (Å²) >= 11 is 0. The molecule has 2 aliphatic rings. The van der Waals surface area contributed by atoms with Gasteiger partial charge in [0, 0.05) is 37.1 Å². The molecule has 2 aliphatic heterocycles. The normalized spacial score (nSPS) is 17.9. The van der Waals surface area contributed by atoms with Gasteiger partial charge in [-0.05, 0) is 62.2 Å². The Morgan fingerprint density at radius 3 is 2.46 bits per heavy atom. The number of likely N-dealkylation sites (tertiary alicyclic amines) is 1. The van der Waals surface area contributed by atoms with Crippen LogP contribution in [0.2, 0.25) is 0 Å². The third-order valence-corrected chi connectivity index (χ3v) is 7.09. The highest BCUT2D eigenvalue weighted by molar-refractivity contribution is 5.95. The maximum Gasteiger partial charge on any atom is 0.325 e. The van der Waals surface area contributed by atoms with Crippen LogP contribution in [0.25, 0.3) is 11.1 Å². The number of hydrogen-bond donors (Lipinski definition) is 2. The Morgan fingerprint density at radius 2 is 1.86 bits per heavy atom. The first-order valence-corrected chi connectivity index (χ1v) is 12.5. The van der Waals surface area contributed by atoms with Crippen molar-refractivity contribution in [2.45, 2.75) is 38.0 Å². The fourth-order valence-corrected chi connectivity index (χ4v) is 4.89. The Morgan fingerprint density at radius 1 is 1.16 bits per heavy atom. The molecular weight excluding hydrogens is 470 g/mol. The number of anilines is 1. The maximum absolute atomic E-state index is 13.7. The summed E-state index contributed by atoms with van der Waals surface area (Å²) in [7, 11) is 3.83. The van der Waals surface area contributed by atoms with Crippen molar-refractivity contribution in [1.82, 2.24) is 20.0 Å². The number of amides is 2. The molecule has 1 spiro atoms. The number of benzene rings is 2. The summed E-state index contributed by atoms with van der Waals surface area (Å²) < 4.78 is 5.40. The Hall–Kier alpha value is -3.69. The van der Waals surface area contributed by atoms with Crippen LogP contribution >= 0.6 is 0 Å². The molecule has 5 rings (SSSR count). The summed E-state index contributed by atoms with van der Waals surface area (Å²) in [5, 5.41) is 14.9. The standard InChI is InChI=1S/C25H29N5O2.C3H6O2/c1-28-12-10-25(11-13-28)18-29(22-8-6-20(7-9-22)21-15-26-27-16-21)24(31)30(25)17-19-4-3-5-23(14-19)32-2;1-3(5)2-4/h3-9,14-16H,10-13,17-18H2,1-2H3,(H,26,27);2-3,5H,1H3. The topological polar surface area (TPSA) is 102 Å². The lowest BCUT2D eigenvalue weighted by Gasteiger charge is -2.42. The van der Waals surface area contributed by atoms with Gasteiger partial charge in [-0.25, -0.2) is 4.79 Å². The van der Waals surface area contributed by atoms with E-state index in [1.807, 2.05) is 41.4 Å². The monoisotopic (exact) mass is 505 g/mol. The first kappa shape index (κ1) is 26.4. The number of methoxy groups -OCH3 is 1. The molecule has 2 saturated heterocycles. The summed E-state index contributed by atoms with van der Waals surface area (Å²) in [6.07, 6.45) is 5.31. The largest absolute Gasteiger partial charge is 0.497 e. The van der Waals surface area contributed by atoms with Gasteiger partial charge in [0.15, 0.2) is 0 Å². The van der Waals surface area contributed by atoms with Crippen LogP contribution in [-0.4, -0.2) is 82.9 Å². The second-order valence-corrected chi connectivity index (χ2v) is 9.74. The minimum absolute atomic E-state index is 0.0773. The number of piperidine rings is 1. The van der Waals surface area contributed by atoms with Gasteiger partial charge in [0.2, 0.25) is 0 Å². The average molecular weight is 506 g/mol. The number of nitrogens with one attached hydrogen (secondary N) is 1. The van der Waals surface area contributed by atoms with Crippen LogP contribution in [0, 0.1) is 0 Å². The molecular formula is C28H35N5O4. The predicted molar refractivity (Wildman–Crippen MR) is 143 cm³/mol. The molecule has 0 saturated carbocycles. The quantitative estimate of drug-likeness (QED) is 0.497. The van der Waals surface area contributed by atoms with Crippen LogP contribution in [0.1, 0.15) is 25.3 Å². The summed E-state index contributed by atoms with van der Waals surface area (Å²) in [5.74, 6) is 0.818. The molecule has 1 atom stereocenters. The van der Waals surface area contributed by atoms with E-state index in [1.54, 1.807) is 13.3 Å². The van der Waals surface area contributed by atoms with Gasteiger partial charge in [-0.1, -0.05) is 24.3 Å². The van der Waals surface area contributed by atoms with E-state index < -0.39 is 6.10 Å². The van der Waals surface area contributed by atoms with Crippen LogP contribution in [-0.2, 0) is 11.3 Å². The van der Waals surface area contributed by atoms with Crippen LogP contribution in [0.4, 0.5) is 10.5 Å². The van der Waals surface area contributed by atoms with Crippen molar-refractivity contribution < 1.29 is 19.4 Å². The number of aldehydes is 1. The lowest BCUT2D eigenvalue weighted by molar-refractivity contribution is -0.114. The van der Waals surface area contributed by atoms with Crippen molar-refractivity contribution in [1.29, 1.82) is 0 Å². The molecule has 3 heterocycles. The van der Waals surface area contributed by atoms with E-state index in [9.17, 15) is 9.59 Å². The van der Waals surface area contributed by atoms with E-state index in [4.69, 9.17) is 9.84 Å². The number of H-pyrrole nitrogens is 1.